The van der Waals surface area contributed by atoms with Gasteiger partial charge in [0.25, 0.3) is 5.91 Å². The van der Waals surface area contributed by atoms with Gasteiger partial charge in [-0.3, -0.25) is 4.79 Å². The van der Waals surface area contributed by atoms with E-state index in [9.17, 15) is 4.79 Å². The third-order valence-corrected chi connectivity index (χ3v) is 4.41. The maximum absolute atomic E-state index is 12.5. The van der Waals surface area contributed by atoms with Crippen LogP contribution in [0.25, 0.3) is 0 Å². The van der Waals surface area contributed by atoms with Crippen molar-refractivity contribution >= 4 is 17.2 Å². The van der Waals surface area contributed by atoms with E-state index >= 15 is 0 Å². The molecule has 2 rings (SSSR count). The first-order chi connectivity index (χ1) is 9.93. The number of amides is 1. The van der Waals surface area contributed by atoms with Gasteiger partial charge in [0.15, 0.2) is 5.69 Å². The minimum absolute atomic E-state index is 0.0891. The molecule has 0 spiro atoms. The van der Waals surface area contributed by atoms with Crippen LogP contribution in [0.3, 0.4) is 0 Å². The number of aromatic nitrogens is 2. The first kappa shape index (κ1) is 15.7. The maximum atomic E-state index is 12.5. The number of aryl methyl sites for hydroxylation is 3. The van der Waals surface area contributed by atoms with Crippen molar-refractivity contribution in [2.75, 3.05) is 7.05 Å². The molecule has 21 heavy (non-hydrogen) atoms. The summed E-state index contributed by atoms with van der Waals surface area (Å²) < 4.78 is 5.18. The molecule has 5 nitrogen and oxygen atoms in total. The fourth-order valence-corrected chi connectivity index (χ4v) is 3.16. The molecule has 0 fully saturated rings. The highest BCUT2D eigenvalue weighted by atomic mass is 32.1. The molecule has 1 atom stereocenters. The lowest BCUT2D eigenvalue weighted by atomic mass is 10.1. The van der Waals surface area contributed by atoms with Crippen LogP contribution in [0, 0.1) is 13.8 Å². The van der Waals surface area contributed by atoms with Gasteiger partial charge in [-0.05, 0) is 27.2 Å². The summed E-state index contributed by atoms with van der Waals surface area (Å²) in [7, 11) is 1.77. The molecule has 0 saturated carbocycles. The SMILES string of the molecule is CCCc1cc(C(=O)N(C)[C@@H](C)c2nc(C)sc2C)no1. The van der Waals surface area contributed by atoms with Gasteiger partial charge >= 0.3 is 0 Å². The standard InChI is InChI=1S/C15H21N3O2S/c1-6-7-12-8-13(17-20-12)15(19)18(5)9(2)14-10(3)21-11(4)16-14/h8-9H,6-7H2,1-5H3/t9-/m0/s1. The Morgan fingerprint density at radius 1 is 1.48 bits per heavy atom. The van der Waals surface area contributed by atoms with Crippen molar-refractivity contribution in [1.82, 2.24) is 15.0 Å². The zero-order chi connectivity index (χ0) is 15.6. The van der Waals surface area contributed by atoms with E-state index < -0.39 is 0 Å². The molecule has 2 aromatic rings. The van der Waals surface area contributed by atoms with Crippen LogP contribution in [0.1, 0.15) is 58.1 Å². The monoisotopic (exact) mass is 307 g/mol. The van der Waals surface area contributed by atoms with Crippen molar-refractivity contribution in [2.24, 2.45) is 0 Å². The van der Waals surface area contributed by atoms with Crippen LogP contribution in [0.5, 0.6) is 0 Å². The largest absolute Gasteiger partial charge is 0.361 e. The van der Waals surface area contributed by atoms with Crippen molar-refractivity contribution in [2.45, 2.75) is 46.6 Å². The zero-order valence-corrected chi connectivity index (χ0v) is 14.0. The predicted molar refractivity (Wildman–Crippen MR) is 82.6 cm³/mol. The summed E-state index contributed by atoms with van der Waals surface area (Å²) in [6.45, 7) is 8.05. The first-order valence-corrected chi connectivity index (χ1v) is 7.92. The molecular weight excluding hydrogens is 286 g/mol. The number of thiazole rings is 1. The summed E-state index contributed by atoms with van der Waals surface area (Å²) in [6, 6.07) is 1.64. The third-order valence-electron chi connectivity index (χ3n) is 3.51. The van der Waals surface area contributed by atoms with Gasteiger partial charge in [-0.25, -0.2) is 4.98 Å². The maximum Gasteiger partial charge on any atom is 0.276 e. The highest BCUT2D eigenvalue weighted by molar-refractivity contribution is 7.11. The van der Waals surface area contributed by atoms with Gasteiger partial charge in [-0.15, -0.1) is 11.3 Å². The van der Waals surface area contributed by atoms with E-state index in [-0.39, 0.29) is 11.9 Å². The fraction of sp³-hybridized carbons (Fsp3) is 0.533. The second-order valence-electron chi connectivity index (χ2n) is 5.19. The van der Waals surface area contributed by atoms with Gasteiger partial charge < -0.3 is 9.42 Å². The molecule has 0 saturated heterocycles. The Hall–Kier alpha value is -1.69. The van der Waals surface area contributed by atoms with Crippen LogP contribution in [0.2, 0.25) is 0 Å². The summed E-state index contributed by atoms with van der Waals surface area (Å²) in [4.78, 5) is 19.8. The Morgan fingerprint density at radius 3 is 2.76 bits per heavy atom. The molecule has 1 amide bonds. The van der Waals surface area contributed by atoms with Crippen LogP contribution in [-0.4, -0.2) is 28.0 Å². The molecule has 6 heteroatoms. The van der Waals surface area contributed by atoms with E-state index in [0.29, 0.717) is 5.69 Å². The average Bonchev–Trinajstić information content (AvgIpc) is 3.03. The Balaban J connectivity index is 2.16. The number of rotatable bonds is 5. The van der Waals surface area contributed by atoms with Gasteiger partial charge in [0.2, 0.25) is 0 Å². The van der Waals surface area contributed by atoms with E-state index in [4.69, 9.17) is 4.52 Å². The molecule has 2 aromatic heterocycles. The summed E-state index contributed by atoms with van der Waals surface area (Å²) >= 11 is 1.65. The molecule has 0 aliphatic heterocycles. The van der Waals surface area contributed by atoms with E-state index in [0.717, 1.165) is 34.2 Å². The van der Waals surface area contributed by atoms with Crippen LogP contribution in [-0.2, 0) is 6.42 Å². The van der Waals surface area contributed by atoms with Crippen molar-refractivity contribution < 1.29 is 9.32 Å². The average molecular weight is 307 g/mol. The highest BCUT2D eigenvalue weighted by Crippen LogP contribution is 2.26. The van der Waals surface area contributed by atoms with Crippen molar-refractivity contribution in [1.29, 1.82) is 0 Å². The smallest absolute Gasteiger partial charge is 0.276 e. The molecule has 0 bridgehead atoms. The molecule has 0 unspecified atom stereocenters. The van der Waals surface area contributed by atoms with E-state index in [1.807, 2.05) is 20.8 Å². The van der Waals surface area contributed by atoms with Crippen LogP contribution in [0.4, 0.5) is 0 Å². The summed E-state index contributed by atoms with van der Waals surface area (Å²) in [5.74, 6) is 0.612. The van der Waals surface area contributed by atoms with Gasteiger partial charge in [-0.2, -0.15) is 0 Å². The van der Waals surface area contributed by atoms with Crippen molar-refractivity contribution in [3.05, 3.63) is 33.1 Å². The highest BCUT2D eigenvalue weighted by Gasteiger charge is 2.24. The molecule has 0 N–H and O–H groups in total. The van der Waals surface area contributed by atoms with Crippen LogP contribution < -0.4 is 0 Å². The summed E-state index contributed by atoms with van der Waals surface area (Å²) in [5, 5.41) is 4.89. The minimum atomic E-state index is -0.140. The van der Waals surface area contributed by atoms with Crippen molar-refractivity contribution in [3.8, 4) is 0 Å². The van der Waals surface area contributed by atoms with Crippen molar-refractivity contribution in [3.63, 3.8) is 0 Å². The number of carbonyl (C=O) groups is 1. The lowest BCUT2D eigenvalue weighted by molar-refractivity contribution is 0.0729. The Morgan fingerprint density at radius 2 is 2.19 bits per heavy atom. The summed E-state index contributed by atoms with van der Waals surface area (Å²) in [6.07, 6.45) is 1.76. The van der Waals surface area contributed by atoms with Crippen LogP contribution in [0.15, 0.2) is 10.6 Å². The molecule has 0 aromatic carbocycles. The molecular formula is C15H21N3O2S. The molecule has 0 aliphatic carbocycles. The zero-order valence-electron chi connectivity index (χ0n) is 13.1. The lowest BCUT2D eigenvalue weighted by Crippen LogP contribution is -2.30. The number of hydrogen-bond donors (Lipinski definition) is 0. The van der Waals surface area contributed by atoms with E-state index in [1.54, 1.807) is 29.4 Å². The van der Waals surface area contributed by atoms with E-state index in [2.05, 4.69) is 17.1 Å². The fourth-order valence-electron chi connectivity index (χ4n) is 2.25. The van der Waals surface area contributed by atoms with Crippen LogP contribution >= 0.6 is 11.3 Å². The second kappa shape index (κ2) is 6.39. The number of carbonyl (C=O) groups excluding carboxylic acids is 1. The minimum Gasteiger partial charge on any atom is -0.361 e. The third kappa shape index (κ3) is 3.32. The Bertz CT molecular complexity index is 633. The second-order valence-corrected chi connectivity index (χ2v) is 6.60. The van der Waals surface area contributed by atoms with Gasteiger partial charge in [-0.1, -0.05) is 12.1 Å². The molecule has 0 aliphatic rings. The Kier molecular flexibility index (Phi) is 4.77. The topological polar surface area (TPSA) is 59.2 Å². The molecule has 2 heterocycles. The molecule has 114 valence electrons. The van der Waals surface area contributed by atoms with Gasteiger partial charge in [0.05, 0.1) is 16.7 Å². The Labute approximate surface area is 129 Å². The van der Waals surface area contributed by atoms with E-state index in [1.165, 1.54) is 0 Å². The predicted octanol–water partition coefficient (Wildman–Crippen LogP) is 3.53. The van der Waals surface area contributed by atoms with Gasteiger partial charge in [0, 0.05) is 24.4 Å². The number of hydrogen-bond acceptors (Lipinski definition) is 5. The lowest BCUT2D eigenvalue weighted by Gasteiger charge is -2.23. The molecule has 0 radical (unpaired) electrons. The first-order valence-electron chi connectivity index (χ1n) is 7.10. The normalized spacial score (nSPS) is 12.4. The quantitative estimate of drug-likeness (QED) is 0.848. The van der Waals surface area contributed by atoms with Gasteiger partial charge in [0.1, 0.15) is 5.76 Å². The summed E-state index contributed by atoms with van der Waals surface area (Å²) in [5.41, 5.74) is 1.31. The number of nitrogens with zero attached hydrogens (tertiary/aromatic N) is 3.